The first-order valence-corrected chi connectivity index (χ1v) is 9.35. The third-order valence-electron chi connectivity index (χ3n) is 4.90. The van der Waals surface area contributed by atoms with Crippen LogP contribution >= 0.6 is 0 Å². The predicted molar refractivity (Wildman–Crippen MR) is 100 cm³/mol. The number of hydrogen-bond donors (Lipinski definition) is 1. The SMILES string of the molecule is Cc1cccc(OCC(O)CN(Cc2ccco2)CC2CCCO2)c1C. The molecule has 0 radical (unpaired) electrons. The summed E-state index contributed by atoms with van der Waals surface area (Å²) in [5, 5.41) is 10.5. The molecule has 1 aliphatic rings. The lowest BCUT2D eigenvalue weighted by molar-refractivity contribution is 0.0289. The lowest BCUT2D eigenvalue weighted by atomic mass is 10.1. The van der Waals surface area contributed by atoms with Gasteiger partial charge in [0.1, 0.15) is 24.2 Å². The summed E-state index contributed by atoms with van der Waals surface area (Å²) in [7, 11) is 0. The Balaban J connectivity index is 1.55. The quantitative estimate of drug-likeness (QED) is 0.744. The van der Waals surface area contributed by atoms with Crippen LogP contribution in [0.4, 0.5) is 0 Å². The zero-order valence-corrected chi connectivity index (χ0v) is 15.7. The predicted octanol–water partition coefficient (Wildman–Crippen LogP) is 3.32. The molecule has 2 unspecified atom stereocenters. The number of aryl methyl sites for hydroxylation is 1. The summed E-state index contributed by atoms with van der Waals surface area (Å²) in [5.74, 6) is 1.73. The molecule has 1 fully saturated rings. The Morgan fingerprint density at radius 1 is 1.27 bits per heavy atom. The molecule has 3 rings (SSSR count). The van der Waals surface area contributed by atoms with Gasteiger partial charge in [-0.3, -0.25) is 4.90 Å². The van der Waals surface area contributed by atoms with Crippen molar-refractivity contribution in [1.29, 1.82) is 0 Å². The van der Waals surface area contributed by atoms with Crippen molar-refractivity contribution in [3.8, 4) is 5.75 Å². The molecule has 1 aromatic heterocycles. The van der Waals surface area contributed by atoms with Crippen molar-refractivity contribution in [2.75, 3.05) is 26.3 Å². The van der Waals surface area contributed by atoms with Gasteiger partial charge < -0.3 is 19.0 Å². The molecular weight excluding hydrogens is 330 g/mol. The minimum Gasteiger partial charge on any atom is -0.491 e. The highest BCUT2D eigenvalue weighted by Crippen LogP contribution is 2.21. The van der Waals surface area contributed by atoms with Gasteiger partial charge in [-0.05, 0) is 56.0 Å². The van der Waals surface area contributed by atoms with Crippen LogP contribution in [0.3, 0.4) is 0 Å². The van der Waals surface area contributed by atoms with E-state index in [1.165, 1.54) is 5.56 Å². The van der Waals surface area contributed by atoms with Gasteiger partial charge in [0.25, 0.3) is 0 Å². The van der Waals surface area contributed by atoms with E-state index >= 15 is 0 Å². The molecule has 0 aliphatic carbocycles. The van der Waals surface area contributed by atoms with E-state index in [2.05, 4.69) is 17.9 Å². The summed E-state index contributed by atoms with van der Waals surface area (Å²) in [5.41, 5.74) is 2.31. The second-order valence-corrected chi connectivity index (χ2v) is 7.07. The van der Waals surface area contributed by atoms with Crippen LogP contribution in [0.25, 0.3) is 0 Å². The van der Waals surface area contributed by atoms with Gasteiger partial charge in [-0.25, -0.2) is 0 Å². The fourth-order valence-electron chi connectivity index (χ4n) is 3.32. The van der Waals surface area contributed by atoms with E-state index in [-0.39, 0.29) is 12.7 Å². The van der Waals surface area contributed by atoms with Gasteiger partial charge in [-0.1, -0.05) is 12.1 Å². The average Bonchev–Trinajstić information content (AvgIpc) is 3.30. The molecular formula is C21H29NO4. The normalized spacial score (nSPS) is 18.4. The van der Waals surface area contributed by atoms with Crippen LogP contribution in [0.1, 0.15) is 29.7 Å². The highest BCUT2D eigenvalue weighted by atomic mass is 16.5. The number of aliphatic hydroxyl groups excluding tert-OH is 1. The molecule has 1 aromatic carbocycles. The van der Waals surface area contributed by atoms with Gasteiger partial charge in [-0.2, -0.15) is 0 Å². The van der Waals surface area contributed by atoms with Gasteiger partial charge in [0, 0.05) is 19.7 Å². The fraction of sp³-hybridized carbons (Fsp3) is 0.524. The smallest absolute Gasteiger partial charge is 0.122 e. The monoisotopic (exact) mass is 359 g/mol. The van der Waals surface area contributed by atoms with Crippen LogP contribution in [0.15, 0.2) is 41.0 Å². The molecule has 2 heterocycles. The second-order valence-electron chi connectivity index (χ2n) is 7.07. The summed E-state index contributed by atoms with van der Waals surface area (Å²) < 4.78 is 17.1. The number of benzene rings is 1. The molecule has 1 saturated heterocycles. The zero-order chi connectivity index (χ0) is 18.4. The van der Waals surface area contributed by atoms with Crippen molar-refractivity contribution in [2.24, 2.45) is 0 Å². The van der Waals surface area contributed by atoms with Gasteiger partial charge >= 0.3 is 0 Å². The lowest BCUT2D eigenvalue weighted by Gasteiger charge is -2.26. The molecule has 0 amide bonds. The first-order valence-electron chi connectivity index (χ1n) is 9.35. The average molecular weight is 359 g/mol. The van der Waals surface area contributed by atoms with E-state index < -0.39 is 6.10 Å². The summed E-state index contributed by atoms with van der Waals surface area (Å²) in [4.78, 5) is 2.19. The molecule has 2 atom stereocenters. The Morgan fingerprint density at radius 2 is 2.15 bits per heavy atom. The second kappa shape index (κ2) is 9.21. The molecule has 5 nitrogen and oxygen atoms in total. The Labute approximate surface area is 155 Å². The van der Waals surface area contributed by atoms with Crippen LogP contribution in [0.2, 0.25) is 0 Å². The Bertz CT molecular complexity index is 665. The summed E-state index contributed by atoms with van der Waals surface area (Å²) in [6, 6.07) is 9.83. The summed E-state index contributed by atoms with van der Waals surface area (Å²) in [6.45, 7) is 7.17. The minimum atomic E-state index is -0.578. The van der Waals surface area contributed by atoms with Gasteiger partial charge in [-0.15, -0.1) is 0 Å². The van der Waals surface area contributed by atoms with Crippen LogP contribution in [0, 0.1) is 13.8 Å². The van der Waals surface area contributed by atoms with Crippen molar-refractivity contribution in [1.82, 2.24) is 4.90 Å². The van der Waals surface area contributed by atoms with Crippen LogP contribution < -0.4 is 4.74 Å². The van der Waals surface area contributed by atoms with E-state index in [1.807, 2.05) is 31.2 Å². The fourth-order valence-corrected chi connectivity index (χ4v) is 3.32. The number of nitrogens with zero attached hydrogens (tertiary/aromatic N) is 1. The standard InChI is InChI=1S/C21H29NO4/c1-16-6-3-9-21(17(16)2)26-15-18(23)12-22(13-19-7-4-10-24-19)14-20-8-5-11-25-20/h3-4,6-7,9-10,18,20,23H,5,8,11-15H2,1-2H3. The third-order valence-corrected chi connectivity index (χ3v) is 4.90. The summed E-state index contributed by atoms with van der Waals surface area (Å²) >= 11 is 0. The van der Waals surface area contributed by atoms with Crippen LogP contribution in [-0.2, 0) is 11.3 Å². The molecule has 5 heteroatoms. The van der Waals surface area contributed by atoms with Crippen LogP contribution in [0.5, 0.6) is 5.75 Å². The Kier molecular flexibility index (Phi) is 6.72. The number of rotatable bonds is 9. The molecule has 1 aliphatic heterocycles. The Morgan fingerprint density at radius 3 is 2.88 bits per heavy atom. The van der Waals surface area contributed by atoms with E-state index in [1.54, 1.807) is 6.26 Å². The topological polar surface area (TPSA) is 55.1 Å². The van der Waals surface area contributed by atoms with Crippen LogP contribution in [-0.4, -0.2) is 48.5 Å². The number of ether oxygens (including phenoxy) is 2. The Hall–Kier alpha value is -1.82. The van der Waals surface area contributed by atoms with E-state index in [4.69, 9.17) is 13.9 Å². The highest BCUT2D eigenvalue weighted by Gasteiger charge is 2.22. The molecule has 1 N–H and O–H groups in total. The molecule has 2 aromatic rings. The molecule has 26 heavy (non-hydrogen) atoms. The zero-order valence-electron chi connectivity index (χ0n) is 15.7. The maximum atomic E-state index is 10.5. The van der Waals surface area contributed by atoms with Crippen molar-refractivity contribution < 1.29 is 19.0 Å². The van der Waals surface area contributed by atoms with Crippen molar-refractivity contribution >= 4 is 0 Å². The third kappa shape index (κ3) is 5.34. The van der Waals surface area contributed by atoms with Gasteiger partial charge in [0.05, 0.1) is 18.9 Å². The van der Waals surface area contributed by atoms with E-state index in [0.29, 0.717) is 13.1 Å². The summed E-state index contributed by atoms with van der Waals surface area (Å²) in [6.07, 6.45) is 3.52. The molecule has 142 valence electrons. The number of furan rings is 1. The number of hydrogen-bond acceptors (Lipinski definition) is 5. The first-order chi connectivity index (χ1) is 12.6. The first kappa shape index (κ1) is 19.0. The largest absolute Gasteiger partial charge is 0.491 e. The molecule has 0 spiro atoms. The maximum Gasteiger partial charge on any atom is 0.122 e. The highest BCUT2D eigenvalue weighted by molar-refractivity contribution is 5.38. The lowest BCUT2D eigenvalue weighted by Crippen LogP contribution is -2.39. The molecule has 0 saturated carbocycles. The molecule has 0 bridgehead atoms. The van der Waals surface area contributed by atoms with Crippen molar-refractivity contribution in [3.05, 3.63) is 53.5 Å². The van der Waals surface area contributed by atoms with E-state index in [9.17, 15) is 5.11 Å². The minimum absolute atomic E-state index is 0.233. The van der Waals surface area contributed by atoms with E-state index in [0.717, 1.165) is 43.1 Å². The maximum absolute atomic E-state index is 10.5. The number of aliphatic hydroxyl groups is 1. The van der Waals surface area contributed by atoms with Gasteiger partial charge in [0.2, 0.25) is 0 Å². The van der Waals surface area contributed by atoms with Crippen molar-refractivity contribution in [2.45, 2.75) is 45.4 Å². The van der Waals surface area contributed by atoms with Crippen molar-refractivity contribution in [3.63, 3.8) is 0 Å². The van der Waals surface area contributed by atoms with Gasteiger partial charge in [0.15, 0.2) is 0 Å².